The van der Waals surface area contributed by atoms with Gasteiger partial charge in [-0.1, -0.05) is 12.1 Å². The Morgan fingerprint density at radius 2 is 2.20 bits per heavy atom. The first-order valence-electron chi connectivity index (χ1n) is 6.16. The molecule has 0 spiro atoms. The lowest BCUT2D eigenvalue weighted by molar-refractivity contribution is -0.131. The summed E-state index contributed by atoms with van der Waals surface area (Å²) in [7, 11) is 0. The van der Waals surface area contributed by atoms with E-state index in [1.54, 1.807) is 25.1 Å². The van der Waals surface area contributed by atoms with Crippen molar-refractivity contribution in [3.63, 3.8) is 0 Å². The monoisotopic (exact) mass is 273 g/mol. The van der Waals surface area contributed by atoms with Gasteiger partial charge in [0.15, 0.2) is 0 Å². The van der Waals surface area contributed by atoms with Gasteiger partial charge in [0.1, 0.15) is 0 Å². The van der Waals surface area contributed by atoms with Gasteiger partial charge in [0.2, 0.25) is 0 Å². The van der Waals surface area contributed by atoms with Crippen LogP contribution in [0, 0.1) is 11.3 Å². The third-order valence-electron chi connectivity index (χ3n) is 2.55. The smallest absolute Gasteiger partial charge is 0.338 e. The maximum Gasteiger partial charge on any atom is 0.338 e. The van der Waals surface area contributed by atoms with Crippen LogP contribution in [-0.2, 0) is 16.0 Å². The summed E-state index contributed by atoms with van der Waals surface area (Å²) < 4.78 is 4.95. The molecule has 0 amide bonds. The minimum atomic E-state index is -1.04. The number of carbonyl (C=O) groups excluding carboxylic acids is 1. The molecule has 0 saturated heterocycles. The van der Waals surface area contributed by atoms with Crippen LogP contribution in [0.5, 0.6) is 0 Å². The number of carboxylic acids is 1. The topological polar surface area (TPSA) is 87.4 Å². The molecule has 5 heteroatoms. The Labute approximate surface area is 117 Å². The van der Waals surface area contributed by atoms with Crippen LogP contribution in [0.25, 0.3) is 6.08 Å². The number of nitrogens with zero attached hydrogens (tertiary/aromatic N) is 1. The van der Waals surface area contributed by atoms with Crippen molar-refractivity contribution in [2.75, 3.05) is 6.61 Å². The van der Waals surface area contributed by atoms with Gasteiger partial charge in [-0.25, -0.2) is 9.59 Å². The Kier molecular flexibility index (Phi) is 5.98. The molecule has 0 atom stereocenters. The van der Waals surface area contributed by atoms with Crippen LogP contribution in [0.2, 0.25) is 0 Å². The van der Waals surface area contributed by atoms with Gasteiger partial charge < -0.3 is 9.84 Å². The fraction of sp³-hybridized carbons (Fsp3) is 0.267. The molecule has 0 aromatic heterocycles. The number of rotatable bonds is 6. The molecule has 0 fully saturated rings. The van der Waals surface area contributed by atoms with Crippen LogP contribution >= 0.6 is 0 Å². The van der Waals surface area contributed by atoms with E-state index in [0.29, 0.717) is 23.1 Å². The highest BCUT2D eigenvalue weighted by molar-refractivity contribution is 5.92. The number of aliphatic carboxylic acids is 1. The van der Waals surface area contributed by atoms with Crippen LogP contribution < -0.4 is 0 Å². The molecule has 0 unspecified atom stereocenters. The number of aryl methyl sites for hydroxylation is 1. The van der Waals surface area contributed by atoms with E-state index < -0.39 is 11.9 Å². The van der Waals surface area contributed by atoms with Crippen molar-refractivity contribution in [2.45, 2.75) is 19.8 Å². The van der Waals surface area contributed by atoms with Gasteiger partial charge in [0.05, 0.1) is 18.2 Å². The SMILES string of the molecule is CCOC(=O)c1ccc(/C=C/C(=O)O)cc1CCC#N. The summed E-state index contributed by atoms with van der Waals surface area (Å²) in [6, 6.07) is 6.95. The summed E-state index contributed by atoms with van der Waals surface area (Å²) in [6.45, 7) is 1.99. The van der Waals surface area contributed by atoms with Crippen molar-refractivity contribution >= 4 is 18.0 Å². The molecule has 5 nitrogen and oxygen atoms in total. The summed E-state index contributed by atoms with van der Waals surface area (Å²) in [6.07, 6.45) is 3.15. The lowest BCUT2D eigenvalue weighted by atomic mass is 10.00. The third-order valence-corrected chi connectivity index (χ3v) is 2.55. The standard InChI is InChI=1S/C15H15NO4/c1-2-20-15(19)13-7-5-11(6-8-14(17)18)10-12(13)4-3-9-16/h5-8,10H,2-4H2,1H3,(H,17,18)/b8-6+. The van der Waals surface area contributed by atoms with E-state index >= 15 is 0 Å². The first-order chi connectivity index (χ1) is 9.58. The highest BCUT2D eigenvalue weighted by Crippen LogP contribution is 2.16. The van der Waals surface area contributed by atoms with Crippen molar-refractivity contribution in [1.82, 2.24) is 0 Å². The van der Waals surface area contributed by atoms with Crippen molar-refractivity contribution < 1.29 is 19.4 Å². The zero-order valence-electron chi connectivity index (χ0n) is 11.1. The lowest BCUT2D eigenvalue weighted by Crippen LogP contribution is -2.08. The second kappa shape index (κ2) is 7.74. The molecule has 0 bridgehead atoms. The number of hydrogen-bond acceptors (Lipinski definition) is 4. The normalized spacial score (nSPS) is 10.2. The molecular weight excluding hydrogens is 258 g/mol. The summed E-state index contributed by atoms with van der Waals surface area (Å²) in [5.74, 6) is -1.48. The quantitative estimate of drug-likeness (QED) is 0.635. The molecule has 0 aliphatic rings. The Morgan fingerprint density at radius 3 is 2.80 bits per heavy atom. The zero-order chi connectivity index (χ0) is 15.0. The first-order valence-corrected chi connectivity index (χ1v) is 6.16. The number of hydrogen-bond donors (Lipinski definition) is 1. The van der Waals surface area contributed by atoms with Gasteiger partial charge in [0, 0.05) is 12.5 Å². The molecule has 20 heavy (non-hydrogen) atoms. The fourth-order valence-corrected chi connectivity index (χ4v) is 1.69. The number of carboxylic acid groups (broad SMARTS) is 1. The number of ether oxygens (including phenoxy) is 1. The van der Waals surface area contributed by atoms with Crippen LogP contribution in [0.15, 0.2) is 24.3 Å². The van der Waals surface area contributed by atoms with Crippen molar-refractivity contribution in [3.8, 4) is 6.07 Å². The average Bonchev–Trinajstić information content (AvgIpc) is 2.43. The summed E-state index contributed by atoms with van der Waals surface area (Å²) in [4.78, 5) is 22.3. The van der Waals surface area contributed by atoms with Gasteiger partial charge in [-0.15, -0.1) is 0 Å². The Bertz CT molecular complexity index is 570. The van der Waals surface area contributed by atoms with E-state index in [1.165, 1.54) is 6.08 Å². The van der Waals surface area contributed by atoms with Crippen molar-refractivity contribution in [2.24, 2.45) is 0 Å². The molecule has 0 radical (unpaired) electrons. The molecule has 0 saturated carbocycles. The average molecular weight is 273 g/mol. The highest BCUT2D eigenvalue weighted by atomic mass is 16.5. The van der Waals surface area contributed by atoms with Crippen molar-refractivity contribution in [3.05, 3.63) is 41.0 Å². The molecule has 104 valence electrons. The van der Waals surface area contributed by atoms with E-state index in [0.717, 1.165) is 6.08 Å². The lowest BCUT2D eigenvalue weighted by Gasteiger charge is -2.08. The molecule has 0 aliphatic carbocycles. The van der Waals surface area contributed by atoms with Gasteiger partial charge in [-0.3, -0.25) is 0 Å². The second-order valence-electron chi connectivity index (χ2n) is 3.97. The van der Waals surface area contributed by atoms with E-state index in [2.05, 4.69) is 0 Å². The minimum absolute atomic E-state index is 0.275. The van der Waals surface area contributed by atoms with E-state index in [9.17, 15) is 9.59 Å². The summed E-state index contributed by atoms with van der Waals surface area (Å²) in [5, 5.41) is 17.2. The predicted molar refractivity (Wildman–Crippen MR) is 73.0 cm³/mol. The Balaban J connectivity index is 3.09. The van der Waals surface area contributed by atoms with Crippen LogP contribution in [0.3, 0.4) is 0 Å². The number of carbonyl (C=O) groups is 2. The van der Waals surface area contributed by atoms with E-state index in [4.69, 9.17) is 15.1 Å². The summed E-state index contributed by atoms with van der Waals surface area (Å²) >= 11 is 0. The summed E-state index contributed by atoms with van der Waals surface area (Å²) in [5.41, 5.74) is 1.75. The molecule has 1 N–H and O–H groups in total. The van der Waals surface area contributed by atoms with Crippen LogP contribution in [0.4, 0.5) is 0 Å². The molecule has 1 aromatic carbocycles. The maximum atomic E-state index is 11.8. The molecular formula is C15H15NO4. The number of esters is 1. The number of benzene rings is 1. The van der Waals surface area contributed by atoms with Crippen molar-refractivity contribution in [1.29, 1.82) is 5.26 Å². The van der Waals surface area contributed by atoms with E-state index in [-0.39, 0.29) is 13.0 Å². The minimum Gasteiger partial charge on any atom is -0.478 e. The van der Waals surface area contributed by atoms with Gasteiger partial charge in [0.25, 0.3) is 0 Å². The molecule has 0 heterocycles. The molecule has 0 aliphatic heterocycles. The maximum absolute atomic E-state index is 11.8. The molecule has 1 rings (SSSR count). The first kappa shape index (κ1) is 15.4. The van der Waals surface area contributed by atoms with Gasteiger partial charge >= 0.3 is 11.9 Å². The Morgan fingerprint density at radius 1 is 1.45 bits per heavy atom. The zero-order valence-corrected chi connectivity index (χ0v) is 11.1. The largest absolute Gasteiger partial charge is 0.478 e. The fourth-order valence-electron chi connectivity index (χ4n) is 1.69. The van der Waals surface area contributed by atoms with Crippen LogP contribution in [0.1, 0.15) is 34.8 Å². The molecule has 1 aromatic rings. The van der Waals surface area contributed by atoms with Gasteiger partial charge in [-0.05, 0) is 36.6 Å². The van der Waals surface area contributed by atoms with E-state index in [1.807, 2.05) is 6.07 Å². The Hall–Kier alpha value is -2.61. The predicted octanol–water partition coefficient (Wildman–Crippen LogP) is 2.42. The highest BCUT2D eigenvalue weighted by Gasteiger charge is 2.12. The second-order valence-corrected chi connectivity index (χ2v) is 3.97. The van der Waals surface area contributed by atoms with Crippen LogP contribution in [-0.4, -0.2) is 23.7 Å². The third kappa shape index (κ3) is 4.58. The number of nitriles is 1. The van der Waals surface area contributed by atoms with Gasteiger partial charge in [-0.2, -0.15) is 5.26 Å².